The van der Waals surface area contributed by atoms with E-state index >= 15 is 0 Å². The molecule has 1 aliphatic rings. The smallest absolute Gasteiger partial charge is 0.251 e. The number of benzene rings is 1. The minimum atomic E-state index is -0.575. The van der Waals surface area contributed by atoms with Crippen LogP contribution in [0.5, 0.6) is 0 Å². The maximum atomic E-state index is 11.4. The van der Waals surface area contributed by atoms with Gasteiger partial charge in [-0.15, -0.1) is 0 Å². The van der Waals surface area contributed by atoms with Crippen molar-refractivity contribution in [3.8, 4) is 0 Å². The minimum Gasteiger partial charge on any atom is -0.366 e. The lowest BCUT2D eigenvalue weighted by Gasteiger charge is -2.30. The summed E-state index contributed by atoms with van der Waals surface area (Å²) in [5, 5.41) is 1.07. The number of hydrogen-bond acceptors (Lipinski definition) is 4. The summed E-state index contributed by atoms with van der Waals surface area (Å²) in [6.07, 6.45) is 5.31. The number of aryl methyl sites for hydroxylation is 1. The number of fused-ring (bicyclic) bond motifs is 2. The molecule has 1 amide bonds. The van der Waals surface area contributed by atoms with Gasteiger partial charge in [0, 0.05) is 30.0 Å². The maximum Gasteiger partial charge on any atom is 0.251 e. The number of pyridine rings is 2. The van der Waals surface area contributed by atoms with Crippen molar-refractivity contribution in [1.82, 2.24) is 9.97 Å². The minimum absolute atomic E-state index is 0.240. The van der Waals surface area contributed by atoms with Crippen molar-refractivity contribution in [2.24, 2.45) is 5.73 Å². The van der Waals surface area contributed by atoms with Crippen LogP contribution in [-0.2, 0) is 6.42 Å². The molecule has 0 spiro atoms. The first-order valence-electron chi connectivity index (χ1n) is 7.74. The average Bonchev–Trinajstić information content (AvgIpc) is 2.61. The predicted molar refractivity (Wildman–Crippen MR) is 94.8 cm³/mol. The summed E-state index contributed by atoms with van der Waals surface area (Å²) >= 11 is 6.29. The molecule has 2 aromatic heterocycles. The van der Waals surface area contributed by atoms with E-state index in [1.807, 2.05) is 30.5 Å². The number of anilines is 2. The first-order valence-corrected chi connectivity index (χ1v) is 8.12. The number of hydrogen-bond donors (Lipinski definition) is 1. The summed E-state index contributed by atoms with van der Waals surface area (Å²) in [7, 11) is 0. The highest BCUT2D eigenvalue weighted by atomic mass is 35.5. The first kappa shape index (κ1) is 14.9. The Labute approximate surface area is 144 Å². The van der Waals surface area contributed by atoms with E-state index in [1.54, 1.807) is 0 Å². The predicted octanol–water partition coefficient (Wildman–Crippen LogP) is 3.47. The fourth-order valence-corrected chi connectivity index (χ4v) is 3.45. The van der Waals surface area contributed by atoms with Crippen LogP contribution >= 0.6 is 11.6 Å². The number of nitrogens with zero attached hydrogens (tertiary/aromatic N) is 3. The van der Waals surface area contributed by atoms with Crippen LogP contribution in [0.1, 0.15) is 22.5 Å². The Hall–Kier alpha value is -2.66. The highest BCUT2D eigenvalue weighted by Crippen LogP contribution is 2.35. The van der Waals surface area contributed by atoms with Crippen LogP contribution in [-0.4, -0.2) is 22.4 Å². The van der Waals surface area contributed by atoms with Gasteiger partial charge in [-0.2, -0.15) is 0 Å². The fraction of sp³-hybridized carbons (Fsp3) is 0.167. The van der Waals surface area contributed by atoms with Gasteiger partial charge in [-0.1, -0.05) is 11.6 Å². The van der Waals surface area contributed by atoms with Crippen molar-refractivity contribution < 1.29 is 4.79 Å². The zero-order valence-electron chi connectivity index (χ0n) is 12.9. The maximum absolute atomic E-state index is 11.4. The van der Waals surface area contributed by atoms with Crippen LogP contribution in [0.2, 0.25) is 5.02 Å². The summed E-state index contributed by atoms with van der Waals surface area (Å²) in [5.41, 5.74) is 9.57. The van der Waals surface area contributed by atoms with Gasteiger partial charge in [0.25, 0.3) is 5.91 Å². The molecule has 1 aromatic carbocycles. The largest absolute Gasteiger partial charge is 0.366 e. The topological polar surface area (TPSA) is 72.1 Å². The molecule has 3 aromatic rings. The van der Waals surface area contributed by atoms with E-state index in [4.69, 9.17) is 17.3 Å². The van der Waals surface area contributed by atoms with Gasteiger partial charge in [-0.25, -0.2) is 0 Å². The average molecular weight is 339 g/mol. The number of nitrogens with two attached hydrogens (primary N) is 1. The van der Waals surface area contributed by atoms with Crippen LogP contribution in [0.15, 0.2) is 42.7 Å². The molecule has 4 rings (SSSR count). The molecule has 5 nitrogen and oxygen atoms in total. The second-order valence-corrected chi connectivity index (χ2v) is 6.15. The third-order valence-corrected chi connectivity index (χ3v) is 4.72. The number of aromatic nitrogens is 2. The Balaban J connectivity index is 1.82. The van der Waals surface area contributed by atoms with Crippen LogP contribution in [0.3, 0.4) is 0 Å². The van der Waals surface area contributed by atoms with Crippen LogP contribution in [0.4, 0.5) is 11.4 Å². The lowest BCUT2D eigenvalue weighted by Crippen LogP contribution is -2.25. The lowest BCUT2D eigenvalue weighted by atomic mass is 10.1. The van der Waals surface area contributed by atoms with Crippen molar-refractivity contribution in [1.29, 1.82) is 0 Å². The summed E-state index contributed by atoms with van der Waals surface area (Å²) in [6, 6.07) is 9.89. The Bertz CT molecular complexity index is 957. The van der Waals surface area contributed by atoms with Crippen molar-refractivity contribution in [2.45, 2.75) is 12.8 Å². The second-order valence-electron chi connectivity index (χ2n) is 5.78. The molecule has 0 atom stereocenters. The molecule has 0 aliphatic carbocycles. The molecule has 0 fully saturated rings. The molecular weight excluding hydrogens is 324 g/mol. The summed E-state index contributed by atoms with van der Waals surface area (Å²) in [4.78, 5) is 22.5. The van der Waals surface area contributed by atoms with Gasteiger partial charge in [0.05, 0.1) is 27.5 Å². The zero-order chi connectivity index (χ0) is 16.7. The van der Waals surface area contributed by atoms with Gasteiger partial charge < -0.3 is 10.6 Å². The molecule has 1 aliphatic heterocycles. The van der Waals surface area contributed by atoms with Crippen molar-refractivity contribution in [2.75, 3.05) is 11.4 Å². The third kappa shape index (κ3) is 2.37. The number of carbonyl (C=O) groups is 1. The van der Waals surface area contributed by atoms with Crippen molar-refractivity contribution in [3.63, 3.8) is 0 Å². The molecule has 0 unspecified atom stereocenters. The summed E-state index contributed by atoms with van der Waals surface area (Å²) in [5.74, 6) is -0.575. The quantitative estimate of drug-likeness (QED) is 0.776. The zero-order valence-corrected chi connectivity index (χ0v) is 13.6. The van der Waals surface area contributed by atoms with Gasteiger partial charge in [0.2, 0.25) is 0 Å². The van der Waals surface area contributed by atoms with Crippen LogP contribution in [0, 0.1) is 0 Å². The normalized spacial score (nSPS) is 13.8. The Morgan fingerprint density at radius 1 is 1.25 bits per heavy atom. The number of carbonyl (C=O) groups excluding carboxylic acids is 1. The van der Waals surface area contributed by atoms with E-state index in [-0.39, 0.29) is 5.56 Å². The summed E-state index contributed by atoms with van der Waals surface area (Å²) < 4.78 is 0. The molecule has 0 bridgehead atoms. The standard InChI is InChI=1S/C18H15ClN4O/c19-17-12-6-5-11(9-15(12)22-10-13(17)18(20)24)23-8-2-3-14-16(23)4-1-7-21-14/h1,4-7,9-10H,2-3,8H2,(H2,20,24). The van der Waals surface area contributed by atoms with Gasteiger partial charge in [0.15, 0.2) is 0 Å². The molecule has 0 radical (unpaired) electrons. The fourth-order valence-electron chi connectivity index (χ4n) is 3.15. The van der Waals surface area contributed by atoms with Gasteiger partial charge >= 0.3 is 0 Å². The molecular formula is C18H15ClN4O. The lowest BCUT2D eigenvalue weighted by molar-refractivity contribution is 0.100. The molecule has 3 heterocycles. The van der Waals surface area contributed by atoms with E-state index in [9.17, 15) is 4.79 Å². The second kappa shape index (κ2) is 5.76. The third-order valence-electron chi connectivity index (χ3n) is 4.32. The van der Waals surface area contributed by atoms with E-state index in [1.165, 1.54) is 6.20 Å². The first-order chi connectivity index (χ1) is 11.6. The summed E-state index contributed by atoms with van der Waals surface area (Å²) in [6.45, 7) is 0.928. The molecule has 24 heavy (non-hydrogen) atoms. The number of amides is 1. The van der Waals surface area contributed by atoms with Gasteiger partial charge in [-0.05, 0) is 43.2 Å². The van der Waals surface area contributed by atoms with E-state index < -0.39 is 5.91 Å². The van der Waals surface area contributed by atoms with E-state index in [0.29, 0.717) is 5.02 Å². The monoisotopic (exact) mass is 338 g/mol. The number of primary amides is 1. The van der Waals surface area contributed by atoms with E-state index in [2.05, 4.69) is 20.9 Å². The Morgan fingerprint density at radius 2 is 2.12 bits per heavy atom. The number of rotatable bonds is 2. The SMILES string of the molecule is NC(=O)c1cnc2cc(N3CCCc4ncccc43)ccc2c1Cl. The van der Waals surface area contributed by atoms with E-state index in [0.717, 1.165) is 47.4 Å². The van der Waals surface area contributed by atoms with Crippen LogP contribution < -0.4 is 10.6 Å². The highest BCUT2D eigenvalue weighted by Gasteiger charge is 2.20. The van der Waals surface area contributed by atoms with Crippen molar-refractivity contribution in [3.05, 3.63) is 59.0 Å². The molecule has 2 N–H and O–H groups in total. The molecule has 0 saturated carbocycles. The van der Waals surface area contributed by atoms with Gasteiger partial charge in [-0.3, -0.25) is 14.8 Å². The Morgan fingerprint density at radius 3 is 2.96 bits per heavy atom. The molecule has 0 saturated heterocycles. The van der Waals surface area contributed by atoms with Crippen LogP contribution in [0.25, 0.3) is 10.9 Å². The van der Waals surface area contributed by atoms with Crippen molar-refractivity contribution >= 4 is 39.8 Å². The highest BCUT2D eigenvalue weighted by molar-refractivity contribution is 6.38. The molecule has 6 heteroatoms. The Kier molecular flexibility index (Phi) is 3.58. The number of halogens is 1. The molecule has 120 valence electrons. The van der Waals surface area contributed by atoms with Gasteiger partial charge in [0.1, 0.15) is 0 Å².